The minimum Gasteiger partial charge on any atom is -0.322 e. The van der Waals surface area contributed by atoms with Crippen molar-refractivity contribution in [3.8, 4) is 0 Å². The van der Waals surface area contributed by atoms with Gasteiger partial charge in [-0.15, -0.1) is 0 Å². The van der Waals surface area contributed by atoms with E-state index in [0.29, 0.717) is 11.6 Å². The van der Waals surface area contributed by atoms with Crippen molar-refractivity contribution in [2.24, 2.45) is 0 Å². The number of rotatable bonds is 5. The summed E-state index contributed by atoms with van der Waals surface area (Å²) in [5.74, 6) is -0.0810. The van der Waals surface area contributed by atoms with Crippen LogP contribution in [0.1, 0.15) is 41.4 Å². The van der Waals surface area contributed by atoms with Crippen LogP contribution in [0.4, 0.5) is 5.69 Å². The molecule has 0 spiro atoms. The van der Waals surface area contributed by atoms with E-state index in [1.807, 2.05) is 55.5 Å². The number of benzene rings is 2. The molecule has 1 amide bonds. The van der Waals surface area contributed by atoms with Crippen LogP contribution in [0.2, 0.25) is 0 Å². The van der Waals surface area contributed by atoms with Gasteiger partial charge in [0, 0.05) is 17.3 Å². The number of hydrogen-bond acceptors (Lipinski definition) is 2. The third-order valence-corrected chi connectivity index (χ3v) is 3.49. The van der Waals surface area contributed by atoms with E-state index in [1.54, 1.807) is 0 Å². The minimum atomic E-state index is -0.0810. The van der Waals surface area contributed by atoms with Crippen molar-refractivity contribution in [2.75, 3.05) is 11.9 Å². The summed E-state index contributed by atoms with van der Waals surface area (Å²) in [4.78, 5) is 12.1. The highest BCUT2D eigenvalue weighted by atomic mass is 16.1. The smallest absolute Gasteiger partial charge is 0.255 e. The standard InChI is InChI=1S/C18H22N2O/c1-4-19-14(3)15-9-11-17(12-10-15)20-18(21)16-7-5-13(2)6-8-16/h5-12,14,19H,4H2,1-3H3,(H,20,21). The average molecular weight is 282 g/mol. The van der Waals surface area contributed by atoms with Crippen molar-refractivity contribution in [2.45, 2.75) is 26.8 Å². The fourth-order valence-electron chi connectivity index (χ4n) is 2.19. The quantitative estimate of drug-likeness (QED) is 0.872. The van der Waals surface area contributed by atoms with E-state index in [4.69, 9.17) is 0 Å². The Labute approximate surface area is 126 Å². The molecule has 0 aliphatic rings. The second-order valence-electron chi connectivity index (χ2n) is 5.22. The Kier molecular flexibility index (Phi) is 5.12. The first kappa shape index (κ1) is 15.3. The Morgan fingerprint density at radius 3 is 2.24 bits per heavy atom. The number of carbonyl (C=O) groups is 1. The van der Waals surface area contributed by atoms with E-state index >= 15 is 0 Å². The van der Waals surface area contributed by atoms with Crippen LogP contribution in [-0.4, -0.2) is 12.5 Å². The minimum absolute atomic E-state index is 0.0810. The lowest BCUT2D eigenvalue weighted by molar-refractivity contribution is 0.102. The first-order valence-corrected chi connectivity index (χ1v) is 7.31. The molecule has 2 aromatic rings. The summed E-state index contributed by atoms with van der Waals surface area (Å²) in [6.07, 6.45) is 0. The van der Waals surface area contributed by atoms with Gasteiger partial charge in [0.25, 0.3) is 5.91 Å². The summed E-state index contributed by atoms with van der Waals surface area (Å²) >= 11 is 0. The lowest BCUT2D eigenvalue weighted by Crippen LogP contribution is -2.17. The lowest BCUT2D eigenvalue weighted by Gasteiger charge is -2.13. The Balaban J connectivity index is 2.03. The van der Waals surface area contributed by atoms with E-state index in [0.717, 1.165) is 17.8 Å². The highest BCUT2D eigenvalue weighted by molar-refractivity contribution is 6.04. The average Bonchev–Trinajstić information content (AvgIpc) is 2.49. The molecule has 0 saturated carbocycles. The predicted molar refractivity (Wildman–Crippen MR) is 87.7 cm³/mol. The zero-order chi connectivity index (χ0) is 15.2. The van der Waals surface area contributed by atoms with Crippen LogP contribution in [0, 0.1) is 6.92 Å². The van der Waals surface area contributed by atoms with Gasteiger partial charge >= 0.3 is 0 Å². The van der Waals surface area contributed by atoms with Crippen LogP contribution in [0.3, 0.4) is 0 Å². The lowest BCUT2D eigenvalue weighted by atomic mass is 10.1. The molecule has 0 aromatic heterocycles. The van der Waals surface area contributed by atoms with Gasteiger partial charge in [-0.05, 0) is 50.2 Å². The fraction of sp³-hybridized carbons (Fsp3) is 0.278. The van der Waals surface area contributed by atoms with Crippen molar-refractivity contribution in [3.63, 3.8) is 0 Å². The van der Waals surface area contributed by atoms with Crippen LogP contribution in [-0.2, 0) is 0 Å². The predicted octanol–water partition coefficient (Wildman–Crippen LogP) is 3.92. The molecule has 0 aliphatic heterocycles. The van der Waals surface area contributed by atoms with Gasteiger partial charge < -0.3 is 10.6 Å². The zero-order valence-corrected chi connectivity index (χ0v) is 12.8. The van der Waals surface area contributed by atoms with E-state index in [-0.39, 0.29) is 5.91 Å². The van der Waals surface area contributed by atoms with Gasteiger partial charge in [-0.1, -0.05) is 36.8 Å². The molecule has 110 valence electrons. The molecule has 2 rings (SSSR count). The monoisotopic (exact) mass is 282 g/mol. The molecule has 0 saturated heterocycles. The highest BCUT2D eigenvalue weighted by Gasteiger charge is 2.07. The Morgan fingerprint density at radius 2 is 1.67 bits per heavy atom. The van der Waals surface area contributed by atoms with E-state index in [2.05, 4.69) is 24.5 Å². The molecule has 0 radical (unpaired) electrons. The normalized spacial score (nSPS) is 12.0. The van der Waals surface area contributed by atoms with Gasteiger partial charge in [-0.2, -0.15) is 0 Å². The molecule has 0 aliphatic carbocycles. The maximum absolute atomic E-state index is 12.1. The molecular formula is C18H22N2O. The highest BCUT2D eigenvalue weighted by Crippen LogP contribution is 2.16. The summed E-state index contributed by atoms with van der Waals surface area (Å²) in [5.41, 5.74) is 3.84. The van der Waals surface area contributed by atoms with E-state index in [9.17, 15) is 4.79 Å². The summed E-state index contributed by atoms with van der Waals surface area (Å²) in [5, 5.41) is 6.28. The van der Waals surface area contributed by atoms with Gasteiger partial charge in [0.2, 0.25) is 0 Å². The van der Waals surface area contributed by atoms with Gasteiger partial charge in [0.1, 0.15) is 0 Å². The molecule has 2 aromatic carbocycles. The van der Waals surface area contributed by atoms with E-state index < -0.39 is 0 Å². The van der Waals surface area contributed by atoms with Gasteiger partial charge in [-0.3, -0.25) is 4.79 Å². The van der Waals surface area contributed by atoms with Crippen LogP contribution in [0.25, 0.3) is 0 Å². The molecule has 3 heteroatoms. The number of hydrogen-bond donors (Lipinski definition) is 2. The second-order valence-corrected chi connectivity index (χ2v) is 5.22. The van der Waals surface area contributed by atoms with Crippen molar-refractivity contribution in [1.82, 2.24) is 5.32 Å². The third-order valence-electron chi connectivity index (χ3n) is 3.49. The first-order chi connectivity index (χ1) is 10.1. The summed E-state index contributed by atoms with van der Waals surface area (Å²) in [6.45, 7) is 7.16. The maximum atomic E-state index is 12.1. The van der Waals surface area contributed by atoms with Crippen molar-refractivity contribution in [1.29, 1.82) is 0 Å². The van der Waals surface area contributed by atoms with Gasteiger partial charge in [-0.25, -0.2) is 0 Å². The number of carbonyl (C=O) groups excluding carboxylic acids is 1. The first-order valence-electron chi connectivity index (χ1n) is 7.31. The SMILES string of the molecule is CCNC(C)c1ccc(NC(=O)c2ccc(C)cc2)cc1. The van der Waals surface area contributed by atoms with Gasteiger partial charge in [0.05, 0.1) is 0 Å². The number of anilines is 1. The van der Waals surface area contributed by atoms with Crippen molar-refractivity contribution >= 4 is 11.6 Å². The van der Waals surface area contributed by atoms with Crippen LogP contribution < -0.4 is 10.6 Å². The van der Waals surface area contributed by atoms with Crippen LogP contribution in [0.5, 0.6) is 0 Å². The number of amides is 1. The molecule has 0 heterocycles. The second kappa shape index (κ2) is 7.04. The molecular weight excluding hydrogens is 260 g/mol. The molecule has 0 bridgehead atoms. The maximum Gasteiger partial charge on any atom is 0.255 e. The topological polar surface area (TPSA) is 41.1 Å². The Bertz CT molecular complexity index is 588. The Hall–Kier alpha value is -2.13. The van der Waals surface area contributed by atoms with Crippen molar-refractivity contribution in [3.05, 3.63) is 65.2 Å². The summed E-state index contributed by atoms with van der Waals surface area (Å²) in [6, 6.07) is 15.8. The molecule has 2 N–H and O–H groups in total. The Morgan fingerprint density at radius 1 is 1.05 bits per heavy atom. The van der Waals surface area contributed by atoms with Crippen LogP contribution in [0.15, 0.2) is 48.5 Å². The third kappa shape index (κ3) is 4.17. The van der Waals surface area contributed by atoms with Gasteiger partial charge in [0.15, 0.2) is 0 Å². The fourth-order valence-corrected chi connectivity index (χ4v) is 2.19. The number of aryl methyl sites for hydroxylation is 1. The van der Waals surface area contributed by atoms with Crippen molar-refractivity contribution < 1.29 is 4.79 Å². The molecule has 0 fully saturated rings. The number of nitrogens with one attached hydrogen (secondary N) is 2. The van der Waals surface area contributed by atoms with Crippen LogP contribution >= 0.6 is 0 Å². The zero-order valence-electron chi connectivity index (χ0n) is 12.8. The molecule has 1 unspecified atom stereocenters. The molecule has 21 heavy (non-hydrogen) atoms. The molecule has 1 atom stereocenters. The largest absolute Gasteiger partial charge is 0.322 e. The summed E-state index contributed by atoms with van der Waals surface area (Å²) < 4.78 is 0. The summed E-state index contributed by atoms with van der Waals surface area (Å²) in [7, 11) is 0. The molecule has 3 nitrogen and oxygen atoms in total. The van der Waals surface area contributed by atoms with E-state index in [1.165, 1.54) is 5.56 Å².